The predicted octanol–water partition coefficient (Wildman–Crippen LogP) is 2.13. The van der Waals surface area contributed by atoms with Crippen LogP contribution < -0.4 is 0 Å². The molecular formula is C23H28O7S. The fourth-order valence-electron chi connectivity index (χ4n) is 2.89. The van der Waals surface area contributed by atoms with E-state index in [2.05, 4.69) is 0 Å². The number of benzene rings is 2. The molecule has 0 aromatic heterocycles. The van der Waals surface area contributed by atoms with Gasteiger partial charge in [0, 0.05) is 12.0 Å². The molecule has 8 heteroatoms. The second kappa shape index (κ2) is 12.4. The lowest BCUT2D eigenvalue weighted by Crippen LogP contribution is -2.39. The lowest BCUT2D eigenvalue weighted by atomic mass is 9.99. The van der Waals surface area contributed by atoms with E-state index >= 15 is 0 Å². The minimum atomic E-state index is -3.78. The van der Waals surface area contributed by atoms with E-state index in [1.807, 2.05) is 30.3 Å². The Balaban J connectivity index is 2.09. The third-order valence-corrected chi connectivity index (χ3v) is 6.33. The minimum Gasteiger partial charge on any atom is -0.463 e. The molecule has 31 heavy (non-hydrogen) atoms. The number of sulfone groups is 1. The van der Waals surface area contributed by atoms with Crippen LogP contribution in [0.2, 0.25) is 0 Å². The zero-order valence-electron chi connectivity index (χ0n) is 17.3. The summed E-state index contributed by atoms with van der Waals surface area (Å²) < 4.78 is 35.8. The zero-order chi connectivity index (χ0) is 22.7. The Bertz CT molecular complexity index is 927. The van der Waals surface area contributed by atoms with Crippen molar-refractivity contribution in [3.8, 4) is 0 Å². The molecule has 0 bridgehead atoms. The maximum absolute atomic E-state index is 12.8. The highest BCUT2D eigenvalue weighted by atomic mass is 32.2. The van der Waals surface area contributed by atoms with Crippen LogP contribution in [-0.2, 0) is 30.7 Å². The standard InChI is InChI=1S/C23H28O7S/c1-2-30-22(25)14-13-19(17-31(27,28)20-11-7-4-8-12-20)23(26)21(24)16-29-15-18-9-5-3-6-10-18/h3-14,19,21,23-24,26H,2,15-17H2,1H3/b14-13+/t19-,21-,23-/m1/s1. The molecule has 7 nitrogen and oxygen atoms in total. The molecular weight excluding hydrogens is 420 g/mol. The van der Waals surface area contributed by atoms with Crippen molar-refractivity contribution in [2.45, 2.75) is 30.6 Å². The van der Waals surface area contributed by atoms with Crippen LogP contribution in [0.5, 0.6) is 0 Å². The van der Waals surface area contributed by atoms with E-state index in [1.54, 1.807) is 25.1 Å². The highest BCUT2D eigenvalue weighted by Gasteiger charge is 2.30. The molecule has 0 saturated heterocycles. The van der Waals surface area contributed by atoms with Crippen molar-refractivity contribution in [3.05, 3.63) is 78.4 Å². The van der Waals surface area contributed by atoms with E-state index < -0.39 is 39.7 Å². The molecule has 3 atom stereocenters. The van der Waals surface area contributed by atoms with Crippen molar-refractivity contribution in [3.63, 3.8) is 0 Å². The van der Waals surface area contributed by atoms with Gasteiger partial charge < -0.3 is 19.7 Å². The normalized spacial score (nSPS) is 14.8. The van der Waals surface area contributed by atoms with Crippen molar-refractivity contribution in [1.29, 1.82) is 0 Å². The fourth-order valence-corrected chi connectivity index (χ4v) is 4.47. The summed E-state index contributed by atoms with van der Waals surface area (Å²) in [7, 11) is -3.78. The maximum atomic E-state index is 12.8. The lowest BCUT2D eigenvalue weighted by molar-refractivity contribution is -0.137. The van der Waals surface area contributed by atoms with Crippen LogP contribution in [0.4, 0.5) is 0 Å². The van der Waals surface area contributed by atoms with Crippen LogP contribution in [0.25, 0.3) is 0 Å². The SMILES string of the molecule is CCOC(=O)/C=C/[C@H](CS(=O)(=O)c1ccccc1)[C@@H](O)[C@H](O)COCc1ccccc1. The Labute approximate surface area is 182 Å². The van der Waals surface area contributed by atoms with Crippen molar-refractivity contribution in [1.82, 2.24) is 0 Å². The summed E-state index contributed by atoms with van der Waals surface area (Å²) in [5, 5.41) is 21.0. The molecule has 0 aliphatic heterocycles. The van der Waals surface area contributed by atoms with Gasteiger partial charge in [-0.05, 0) is 24.6 Å². The van der Waals surface area contributed by atoms with Crippen molar-refractivity contribution in [2.75, 3.05) is 19.0 Å². The van der Waals surface area contributed by atoms with E-state index in [-0.39, 0.29) is 24.7 Å². The van der Waals surface area contributed by atoms with Crippen molar-refractivity contribution >= 4 is 15.8 Å². The first-order valence-corrected chi connectivity index (χ1v) is 11.6. The van der Waals surface area contributed by atoms with Crippen LogP contribution >= 0.6 is 0 Å². The van der Waals surface area contributed by atoms with E-state index in [4.69, 9.17) is 9.47 Å². The third-order valence-electron chi connectivity index (χ3n) is 4.51. The Kier molecular flexibility index (Phi) is 9.87. The molecule has 0 radical (unpaired) electrons. The van der Waals surface area contributed by atoms with Crippen LogP contribution in [0.1, 0.15) is 12.5 Å². The number of hydrogen-bond donors (Lipinski definition) is 2. The number of aliphatic hydroxyl groups excluding tert-OH is 2. The van der Waals surface area contributed by atoms with Gasteiger partial charge in [0.2, 0.25) is 0 Å². The van der Waals surface area contributed by atoms with Gasteiger partial charge in [0.1, 0.15) is 6.10 Å². The molecule has 0 aliphatic rings. The van der Waals surface area contributed by atoms with Crippen LogP contribution in [0, 0.1) is 5.92 Å². The predicted molar refractivity (Wildman–Crippen MR) is 116 cm³/mol. The topological polar surface area (TPSA) is 110 Å². The molecule has 0 heterocycles. The minimum absolute atomic E-state index is 0.0894. The van der Waals surface area contributed by atoms with E-state index in [0.717, 1.165) is 11.6 Å². The molecule has 0 aliphatic carbocycles. The Hall–Kier alpha value is -2.52. The molecule has 2 aromatic carbocycles. The third kappa shape index (κ3) is 8.26. The average molecular weight is 449 g/mol. The van der Waals surface area contributed by atoms with Crippen LogP contribution in [0.15, 0.2) is 77.7 Å². The highest BCUT2D eigenvalue weighted by Crippen LogP contribution is 2.19. The molecule has 0 saturated carbocycles. The summed E-state index contributed by atoms with van der Waals surface area (Å²) in [5.74, 6) is -2.21. The van der Waals surface area contributed by atoms with Crippen molar-refractivity contribution < 1.29 is 32.9 Å². The van der Waals surface area contributed by atoms with Gasteiger partial charge in [-0.2, -0.15) is 0 Å². The lowest BCUT2D eigenvalue weighted by Gasteiger charge is -2.24. The second-order valence-electron chi connectivity index (χ2n) is 6.93. The number of ether oxygens (including phenoxy) is 2. The Morgan fingerprint density at radius 1 is 1.03 bits per heavy atom. The quantitative estimate of drug-likeness (QED) is 0.378. The van der Waals surface area contributed by atoms with E-state index in [9.17, 15) is 23.4 Å². The number of carbonyl (C=O) groups excluding carboxylic acids is 1. The van der Waals surface area contributed by atoms with Crippen LogP contribution in [-0.4, -0.2) is 55.8 Å². The summed E-state index contributed by atoms with van der Waals surface area (Å²) in [6.45, 7) is 1.84. The summed E-state index contributed by atoms with van der Waals surface area (Å²) in [6.07, 6.45) is -0.509. The number of hydrogen-bond acceptors (Lipinski definition) is 7. The van der Waals surface area contributed by atoms with E-state index in [1.165, 1.54) is 18.2 Å². The molecule has 0 fully saturated rings. The second-order valence-corrected chi connectivity index (χ2v) is 8.96. The maximum Gasteiger partial charge on any atom is 0.330 e. The molecule has 2 rings (SSSR count). The van der Waals surface area contributed by atoms with E-state index in [0.29, 0.717) is 0 Å². The molecule has 2 aromatic rings. The summed E-state index contributed by atoms with van der Waals surface area (Å²) in [6, 6.07) is 17.1. The number of rotatable bonds is 12. The Morgan fingerprint density at radius 3 is 2.26 bits per heavy atom. The van der Waals surface area contributed by atoms with Gasteiger partial charge in [-0.25, -0.2) is 13.2 Å². The van der Waals surface area contributed by atoms with Crippen LogP contribution in [0.3, 0.4) is 0 Å². The monoisotopic (exact) mass is 448 g/mol. The molecule has 168 valence electrons. The highest BCUT2D eigenvalue weighted by molar-refractivity contribution is 7.91. The van der Waals surface area contributed by atoms with Gasteiger partial charge in [0.15, 0.2) is 9.84 Å². The first-order chi connectivity index (χ1) is 14.8. The van der Waals surface area contributed by atoms with Crippen molar-refractivity contribution in [2.24, 2.45) is 5.92 Å². The molecule has 0 unspecified atom stereocenters. The van der Waals surface area contributed by atoms with Gasteiger partial charge >= 0.3 is 5.97 Å². The zero-order valence-corrected chi connectivity index (χ0v) is 18.1. The molecule has 0 amide bonds. The van der Waals surface area contributed by atoms with Gasteiger partial charge in [0.05, 0.1) is 36.6 Å². The molecule has 0 spiro atoms. The molecule has 2 N–H and O–H groups in total. The van der Waals surface area contributed by atoms with Gasteiger partial charge in [-0.15, -0.1) is 0 Å². The first-order valence-electron chi connectivity index (χ1n) is 9.94. The fraction of sp³-hybridized carbons (Fsp3) is 0.348. The summed E-state index contributed by atoms with van der Waals surface area (Å²) in [4.78, 5) is 11.8. The first kappa shape index (κ1) is 24.7. The Morgan fingerprint density at radius 2 is 1.65 bits per heavy atom. The van der Waals surface area contributed by atoms with Gasteiger partial charge in [0.25, 0.3) is 0 Å². The largest absolute Gasteiger partial charge is 0.463 e. The number of carbonyl (C=O) groups is 1. The number of esters is 1. The van der Waals surface area contributed by atoms with Gasteiger partial charge in [-0.3, -0.25) is 0 Å². The number of aliphatic hydroxyl groups is 2. The smallest absolute Gasteiger partial charge is 0.330 e. The summed E-state index contributed by atoms with van der Waals surface area (Å²) in [5.41, 5.74) is 0.898. The summed E-state index contributed by atoms with van der Waals surface area (Å²) >= 11 is 0. The van der Waals surface area contributed by atoms with Gasteiger partial charge in [-0.1, -0.05) is 54.6 Å². The average Bonchev–Trinajstić information content (AvgIpc) is 2.77.